The Hall–Kier alpha value is -2.78. The van der Waals surface area contributed by atoms with E-state index in [0.717, 1.165) is 25.7 Å². The van der Waals surface area contributed by atoms with Crippen molar-refractivity contribution in [3.05, 3.63) is 36.9 Å². The second-order valence-electron chi connectivity index (χ2n) is 11.9. The van der Waals surface area contributed by atoms with E-state index < -0.39 is 42.1 Å². The number of nitrogens with zero attached hydrogens (tertiary/aromatic N) is 3. The third-order valence-electron chi connectivity index (χ3n) is 8.00. The van der Waals surface area contributed by atoms with Crippen molar-refractivity contribution in [2.24, 2.45) is 11.3 Å². The van der Waals surface area contributed by atoms with Gasteiger partial charge >= 0.3 is 6.09 Å². The molecule has 1 aromatic rings. The summed E-state index contributed by atoms with van der Waals surface area (Å²) in [5.41, 5.74) is -0.641. The van der Waals surface area contributed by atoms with Crippen LogP contribution in [0.2, 0.25) is 0 Å². The first kappa shape index (κ1) is 29.2. The van der Waals surface area contributed by atoms with E-state index in [4.69, 9.17) is 4.74 Å². The molecule has 0 radical (unpaired) electrons. The van der Waals surface area contributed by atoms with Crippen LogP contribution in [0, 0.1) is 11.3 Å². The monoisotopic (exact) mass is 561 g/mol. The first-order chi connectivity index (χ1) is 18.4. The molecule has 2 unspecified atom stereocenters. The minimum absolute atomic E-state index is 0.144. The molecule has 0 aromatic carbocycles. The van der Waals surface area contributed by atoms with E-state index in [9.17, 15) is 23.8 Å². The van der Waals surface area contributed by atoms with E-state index in [1.54, 1.807) is 12.1 Å². The van der Waals surface area contributed by atoms with Crippen molar-refractivity contribution in [2.45, 2.75) is 95.3 Å². The zero-order valence-electron chi connectivity index (χ0n) is 23.0. The maximum absolute atomic E-state index is 13.8. The van der Waals surface area contributed by atoms with Crippen LogP contribution in [0.1, 0.15) is 71.5 Å². The minimum Gasteiger partial charge on any atom is -0.446 e. The van der Waals surface area contributed by atoms with Gasteiger partial charge in [-0.3, -0.25) is 14.2 Å². The van der Waals surface area contributed by atoms with Gasteiger partial charge in [0, 0.05) is 24.9 Å². The zero-order chi connectivity index (χ0) is 28.4. The largest absolute Gasteiger partial charge is 0.446 e. The molecule has 3 N–H and O–H groups in total. The van der Waals surface area contributed by atoms with Gasteiger partial charge in [0.15, 0.2) is 0 Å². The number of likely N-dealkylation sites (tertiary alicyclic amines) is 1. The van der Waals surface area contributed by atoms with Crippen LogP contribution >= 0.6 is 7.37 Å². The summed E-state index contributed by atoms with van der Waals surface area (Å²) in [6, 6.07) is -0.118. The number of rotatable bonds is 9. The van der Waals surface area contributed by atoms with E-state index in [2.05, 4.69) is 27.2 Å². The predicted octanol–water partition coefficient (Wildman–Crippen LogP) is 3.34. The molecule has 2 aliphatic carbocycles. The molecule has 1 aliphatic heterocycles. The first-order valence-corrected chi connectivity index (χ1v) is 15.5. The Kier molecular flexibility index (Phi) is 8.52. The number of hydrogen-bond donors (Lipinski definition) is 3. The molecular formula is C27H40N5O6P. The Labute approximate surface area is 229 Å². The van der Waals surface area contributed by atoms with Crippen molar-refractivity contribution in [3.63, 3.8) is 0 Å². The van der Waals surface area contributed by atoms with Gasteiger partial charge in [0.25, 0.3) is 0 Å². The van der Waals surface area contributed by atoms with Gasteiger partial charge < -0.3 is 25.2 Å². The van der Waals surface area contributed by atoms with E-state index in [-0.39, 0.29) is 36.3 Å². The second-order valence-corrected chi connectivity index (χ2v) is 14.4. The van der Waals surface area contributed by atoms with Crippen LogP contribution in [0.3, 0.4) is 0 Å². The second kappa shape index (κ2) is 11.4. The molecule has 3 amide bonds. The summed E-state index contributed by atoms with van der Waals surface area (Å²) in [4.78, 5) is 60.7. The topological polar surface area (TPSA) is 151 Å². The fourth-order valence-corrected chi connectivity index (χ4v) is 7.87. The number of ether oxygens (including phenoxy) is 1. The van der Waals surface area contributed by atoms with Crippen LogP contribution in [0.25, 0.3) is 0 Å². The number of hydrogen-bond acceptors (Lipinski definition) is 7. The molecule has 39 heavy (non-hydrogen) atoms. The Bertz CT molecular complexity index is 1140. The van der Waals surface area contributed by atoms with Crippen molar-refractivity contribution >= 4 is 25.3 Å². The Balaban J connectivity index is 1.48. The maximum atomic E-state index is 13.8. The summed E-state index contributed by atoms with van der Waals surface area (Å²) in [5.74, 6) is -1.04. The van der Waals surface area contributed by atoms with E-state index in [0.29, 0.717) is 19.4 Å². The highest BCUT2D eigenvalue weighted by Crippen LogP contribution is 2.70. The molecule has 4 rings (SSSR count). The molecule has 214 valence electrons. The van der Waals surface area contributed by atoms with Gasteiger partial charge in [-0.25, -0.2) is 14.8 Å². The lowest BCUT2D eigenvalue weighted by molar-refractivity contribution is -0.142. The molecule has 1 saturated heterocycles. The van der Waals surface area contributed by atoms with Crippen molar-refractivity contribution in [1.29, 1.82) is 0 Å². The van der Waals surface area contributed by atoms with Crippen LogP contribution in [-0.2, 0) is 25.1 Å². The van der Waals surface area contributed by atoms with Crippen LogP contribution in [0.5, 0.6) is 0 Å². The predicted molar refractivity (Wildman–Crippen MR) is 145 cm³/mol. The number of carbonyl (C=O) groups is 3. The highest BCUT2D eigenvalue weighted by atomic mass is 31.2. The summed E-state index contributed by atoms with van der Waals surface area (Å²) in [6.45, 7) is 9.65. The van der Waals surface area contributed by atoms with Gasteiger partial charge in [-0.05, 0) is 56.4 Å². The van der Waals surface area contributed by atoms with E-state index in [1.165, 1.54) is 17.3 Å². The molecule has 5 atom stereocenters. The van der Waals surface area contributed by atoms with Crippen molar-refractivity contribution in [3.8, 4) is 0 Å². The number of nitrogens with one attached hydrogen (secondary N) is 2. The third-order valence-corrected chi connectivity index (χ3v) is 10.6. The standard InChI is InChI=1S/C27H40N5O6P/c1-5-18-16-27(18,39(36,37)17-21-28-13-9-14-29-21)31-23(33)20-12-8-15-32(20)24(34)22(26(2,3)4)30-25(35)38-19-10-6-7-11-19/h5,9,13-14,18-20,22H,1,6-8,10-12,15-17H2,2-4H3,(H,30,35)(H,31,33)(H,36,37)/t18-,20+,22?,27+/m1/s1. The lowest BCUT2D eigenvalue weighted by atomic mass is 9.85. The van der Waals surface area contributed by atoms with E-state index >= 15 is 0 Å². The SMILES string of the molecule is C=C[C@@H]1C[C@]1(NC(=O)[C@@H]1CCCN1C(=O)C(NC(=O)OC1CCCC1)C(C)(C)C)P(=O)(O)Cc1ncccn1. The molecule has 0 spiro atoms. The molecule has 3 fully saturated rings. The van der Waals surface area contributed by atoms with Crippen LogP contribution in [-0.4, -0.2) is 67.7 Å². The van der Waals surface area contributed by atoms with Crippen LogP contribution in [0.15, 0.2) is 31.1 Å². The van der Waals surface area contributed by atoms with Crippen molar-refractivity contribution < 1.29 is 28.6 Å². The molecule has 1 aromatic heterocycles. The molecule has 12 heteroatoms. The van der Waals surface area contributed by atoms with Crippen molar-refractivity contribution in [1.82, 2.24) is 25.5 Å². The Morgan fingerprint density at radius 2 is 1.90 bits per heavy atom. The van der Waals surface area contributed by atoms with Crippen LogP contribution in [0.4, 0.5) is 4.79 Å². The van der Waals surface area contributed by atoms with Gasteiger partial charge in [-0.15, -0.1) is 6.58 Å². The highest BCUT2D eigenvalue weighted by molar-refractivity contribution is 7.59. The average Bonchev–Trinajstić information content (AvgIpc) is 3.20. The quantitative estimate of drug-likeness (QED) is 0.307. The van der Waals surface area contributed by atoms with Gasteiger partial charge in [0.1, 0.15) is 29.3 Å². The van der Waals surface area contributed by atoms with Gasteiger partial charge in [-0.2, -0.15) is 0 Å². The summed E-state index contributed by atoms with van der Waals surface area (Å²) in [7, 11) is -4.00. The summed E-state index contributed by atoms with van der Waals surface area (Å²) < 4.78 is 19.1. The Morgan fingerprint density at radius 3 is 2.49 bits per heavy atom. The summed E-state index contributed by atoms with van der Waals surface area (Å²) in [5, 5.41) is 4.21. The Morgan fingerprint density at radius 1 is 1.23 bits per heavy atom. The van der Waals surface area contributed by atoms with Crippen molar-refractivity contribution in [2.75, 3.05) is 6.54 Å². The van der Waals surface area contributed by atoms with E-state index in [1.807, 2.05) is 20.8 Å². The molecule has 0 bridgehead atoms. The highest BCUT2D eigenvalue weighted by Gasteiger charge is 2.65. The van der Waals surface area contributed by atoms with Gasteiger partial charge in [-0.1, -0.05) is 26.8 Å². The zero-order valence-corrected chi connectivity index (χ0v) is 23.9. The number of amides is 3. The molecule has 3 aliphatic rings. The fourth-order valence-electron chi connectivity index (χ4n) is 5.66. The van der Waals surface area contributed by atoms with Gasteiger partial charge in [0.05, 0.1) is 6.16 Å². The molecule has 2 saturated carbocycles. The third kappa shape index (κ3) is 6.35. The maximum Gasteiger partial charge on any atom is 0.408 e. The molecule has 2 heterocycles. The molecule has 11 nitrogen and oxygen atoms in total. The first-order valence-electron chi connectivity index (χ1n) is 13.7. The van der Waals surface area contributed by atoms with Gasteiger partial charge in [0.2, 0.25) is 19.2 Å². The molecular weight excluding hydrogens is 521 g/mol. The van der Waals surface area contributed by atoms with Crippen LogP contribution < -0.4 is 10.6 Å². The minimum atomic E-state index is -4.00. The summed E-state index contributed by atoms with van der Waals surface area (Å²) >= 11 is 0. The number of aromatic nitrogens is 2. The lowest BCUT2D eigenvalue weighted by Crippen LogP contribution is -2.58. The normalized spacial score (nSPS) is 27.3. The smallest absolute Gasteiger partial charge is 0.408 e. The summed E-state index contributed by atoms with van der Waals surface area (Å²) in [6.07, 6.45) is 8.42. The fraction of sp³-hybridized carbons (Fsp3) is 0.667. The number of carbonyl (C=O) groups excluding carboxylic acids is 3. The lowest BCUT2D eigenvalue weighted by Gasteiger charge is -2.36. The average molecular weight is 562 g/mol. The number of alkyl carbamates (subject to hydrolysis) is 1.